The van der Waals surface area contributed by atoms with Gasteiger partial charge in [-0.25, -0.2) is 0 Å². The maximum Gasteiger partial charge on any atom is 0.263 e. The van der Waals surface area contributed by atoms with Gasteiger partial charge in [0.05, 0.1) is 12.3 Å². The third-order valence-corrected chi connectivity index (χ3v) is 4.23. The number of nitrogens with two attached hydrogens (primary N) is 1. The van der Waals surface area contributed by atoms with E-state index < -0.39 is 0 Å². The molecule has 2 rings (SSSR count). The van der Waals surface area contributed by atoms with Crippen molar-refractivity contribution in [3.63, 3.8) is 0 Å². The summed E-state index contributed by atoms with van der Waals surface area (Å²) in [5.74, 6) is 0.176. The first-order valence-electron chi connectivity index (χ1n) is 6.03. The number of amides is 1. The van der Waals surface area contributed by atoms with Gasteiger partial charge in [0.2, 0.25) is 0 Å². The van der Waals surface area contributed by atoms with Crippen LogP contribution in [0.2, 0.25) is 0 Å². The predicted octanol–water partition coefficient (Wildman–Crippen LogP) is 1.01. The fourth-order valence-electron chi connectivity index (χ4n) is 1.94. The summed E-state index contributed by atoms with van der Waals surface area (Å²) < 4.78 is 5.30. The Bertz CT molecular complexity index is 515. The van der Waals surface area contributed by atoms with Crippen molar-refractivity contribution in [3.05, 3.63) is 10.4 Å². The summed E-state index contributed by atoms with van der Waals surface area (Å²) in [5, 5.41) is 15.5. The van der Waals surface area contributed by atoms with Crippen LogP contribution in [0.3, 0.4) is 0 Å². The van der Waals surface area contributed by atoms with Crippen molar-refractivity contribution in [2.45, 2.75) is 6.42 Å². The molecule has 1 unspecified atom stereocenters. The maximum absolute atomic E-state index is 11.6. The topological polar surface area (TPSA) is 100 Å². The number of carbonyl (C=O) groups excluding carboxylic acids is 1. The predicted molar refractivity (Wildman–Crippen MR) is 74.3 cm³/mol. The average Bonchev–Trinajstić information content (AvgIpc) is 3.03. The summed E-state index contributed by atoms with van der Waals surface area (Å²) in [5.41, 5.74) is 6.43. The normalized spacial score (nSPS) is 18.0. The Kier molecular flexibility index (Phi) is 4.24. The van der Waals surface area contributed by atoms with Crippen molar-refractivity contribution >= 4 is 27.9 Å². The van der Waals surface area contributed by atoms with Crippen molar-refractivity contribution in [2.24, 2.45) is 5.92 Å². The molecule has 1 saturated heterocycles. The fourth-order valence-corrected chi connectivity index (χ4v) is 2.97. The summed E-state index contributed by atoms with van der Waals surface area (Å²) in [7, 11) is 1.54. The molecule has 6 nitrogen and oxygen atoms in total. The van der Waals surface area contributed by atoms with Gasteiger partial charge in [-0.05, 0) is 6.42 Å². The Morgan fingerprint density at radius 3 is 3.05 bits per heavy atom. The molecule has 7 heteroatoms. The first kappa shape index (κ1) is 13.6. The first-order valence-corrected chi connectivity index (χ1v) is 6.85. The standard InChI is InChI=1S/C12H16N4O2S/c1-15-11(17)10-9(14)8(4-13)12(19-10)16-5-7-2-3-18-6-7/h7,16H,2-3,5-6,14H2,1H3,(H,15,17). The lowest BCUT2D eigenvalue weighted by Crippen LogP contribution is -2.17. The van der Waals surface area contributed by atoms with E-state index in [4.69, 9.17) is 15.7 Å². The monoisotopic (exact) mass is 280 g/mol. The van der Waals surface area contributed by atoms with E-state index in [1.165, 1.54) is 18.4 Å². The van der Waals surface area contributed by atoms with Crippen LogP contribution in [-0.2, 0) is 4.74 Å². The van der Waals surface area contributed by atoms with Crippen LogP contribution in [0, 0.1) is 17.2 Å². The zero-order valence-electron chi connectivity index (χ0n) is 10.7. The van der Waals surface area contributed by atoms with Gasteiger partial charge in [-0.15, -0.1) is 11.3 Å². The third-order valence-electron chi connectivity index (χ3n) is 3.07. The number of rotatable bonds is 4. The van der Waals surface area contributed by atoms with Gasteiger partial charge in [0, 0.05) is 26.1 Å². The minimum Gasteiger partial charge on any atom is -0.396 e. The number of nitrogens with one attached hydrogen (secondary N) is 2. The van der Waals surface area contributed by atoms with Gasteiger partial charge in [0.25, 0.3) is 5.91 Å². The molecule has 1 amide bonds. The molecular weight excluding hydrogens is 264 g/mol. The van der Waals surface area contributed by atoms with Crippen LogP contribution in [-0.4, -0.2) is 32.7 Å². The molecular formula is C12H16N4O2S. The summed E-state index contributed by atoms with van der Waals surface area (Å²) in [6, 6.07) is 2.05. The van der Waals surface area contributed by atoms with E-state index in [0.717, 1.165) is 26.2 Å². The van der Waals surface area contributed by atoms with Gasteiger partial charge in [-0.3, -0.25) is 4.79 Å². The first-order chi connectivity index (χ1) is 9.17. The van der Waals surface area contributed by atoms with Gasteiger partial charge in [-0.2, -0.15) is 5.26 Å². The molecule has 1 atom stereocenters. The van der Waals surface area contributed by atoms with Gasteiger partial charge in [-0.1, -0.05) is 0 Å². The fraction of sp³-hybridized carbons (Fsp3) is 0.500. The molecule has 1 aromatic heterocycles. The zero-order valence-corrected chi connectivity index (χ0v) is 11.5. The Morgan fingerprint density at radius 2 is 2.47 bits per heavy atom. The van der Waals surface area contributed by atoms with Crippen molar-refractivity contribution < 1.29 is 9.53 Å². The van der Waals surface area contributed by atoms with Crippen molar-refractivity contribution in [1.29, 1.82) is 5.26 Å². The summed E-state index contributed by atoms with van der Waals surface area (Å²) in [6.45, 7) is 2.24. The Hall–Kier alpha value is -1.78. The van der Waals surface area contributed by atoms with Crippen LogP contribution < -0.4 is 16.4 Å². The number of hydrogen-bond acceptors (Lipinski definition) is 6. The highest BCUT2D eigenvalue weighted by atomic mass is 32.1. The van der Waals surface area contributed by atoms with Gasteiger partial charge in [0.1, 0.15) is 21.5 Å². The Morgan fingerprint density at radius 1 is 1.68 bits per heavy atom. The number of carbonyl (C=O) groups is 1. The summed E-state index contributed by atoms with van der Waals surface area (Å²) in [4.78, 5) is 12.0. The Balaban J connectivity index is 2.15. The molecule has 0 radical (unpaired) electrons. The molecule has 4 N–H and O–H groups in total. The number of ether oxygens (including phenoxy) is 1. The van der Waals surface area contributed by atoms with Crippen LogP contribution in [0.5, 0.6) is 0 Å². The highest BCUT2D eigenvalue weighted by Crippen LogP contribution is 2.35. The molecule has 19 heavy (non-hydrogen) atoms. The van der Waals surface area contributed by atoms with E-state index in [0.29, 0.717) is 21.4 Å². The molecule has 0 aliphatic carbocycles. The second-order valence-corrected chi connectivity index (χ2v) is 5.37. The maximum atomic E-state index is 11.6. The van der Waals surface area contributed by atoms with E-state index in [1.807, 2.05) is 0 Å². The van der Waals surface area contributed by atoms with Crippen LogP contribution in [0.25, 0.3) is 0 Å². The molecule has 1 aromatic rings. The highest BCUT2D eigenvalue weighted by Gasteiger charge is 2.22. The van der Waals surface area contributed by atoms with Crippen molar-refractivity contribution in [3.8, 4) is 6.07 Å². The number of nitrogen functional groups attached to an aromatic ring is 1. The van der Waals surface area contributed by atoms with Crippen LogP contribution in [0.15, 0.2) is 0 Å². The van der Waals surface area contributed by atoms with E-state index >= 15 is 0 Å². The molecule has 1 aliphatic rings. The van der Waals surface area contributed by atoms with Gasteiger partial charge >= 0.3 is 0 Å². The molecule has 0 saturated carbocycles. The van der Waals surface area contributed by atoms with E-state index in [9.17, 15) is 4.79 Å². The molecule has 0 spiro atoms. The molecule has 0 aromatic carbocycles. The summed E-state index contributed by atoms with van der Waals surface area (Å²) >= 11 is 1.22. The van der Waals surface area contributed by atoms with Crippen molar-refractivity contribution in [2.75, 3.05) is 37.9 Å². The summed E-state index contributed by atoms with van der Waals surface area (Å²) in [6.07, 6.45) is 1.01. The van der Waals surface area contributed by atoms with E-state index in [2.05, 4.69) is 16.7 Å². The number of nitriles is 1. The number of hydrogen-bond donors (Lipinski definition) is 3. The lowest BCUT2D eigenvalue weighted by atomic mass is 10.1. The van der Waals surface area contributed by atoms with E-state index in [1.54, 1.807) is 0 Å². The van der Waals surface area contributed by atoms with Crippen LogP contribution >= 0.6 is 11.3 Å². The molecule has 2 heterocycles. The number of thiophene rings is 1. The highest BCUT2D eigenvalue weighted by molar-refractivity contribution is 7.18. The molecule has 1 aliphatic heterocycles. The van der Waals surface area contributed by atoms with Gasteiger partial charge < -0.3 is 21.1 Å². The smallest absolute Gasteiger partial charge is 0.263 e. The largest absolute Gasteiger partial charge is 0.396 e. The van der Waals surface area contributed by atoms with Crippen molar-refractivity contribution in [1.82, 2.24) is 5.32 Å². The molecule has 0 bridgehead atoms. The van der Waals surface area contributed by atoms with Crippen LogP contribution in [0.4, 0.5) is 10.7 Å². The molecule has 1 fully saturated rings. The number of nitrogens with zero attached hydrogens (tertiary/aromatic N) is 1. The SMILES string of the molecule is CNC(=O)c1sc(NCC2CCOC2)c(C#N)c1N. The van der Waals surface area contributed by atoms with Crippen LogP contribution in [0.1, 0.15) is 21.7 Å². The minimum atomic E-state index is -0.267. The average molecular weight is 280 g/mol. The Labute approximate surface area is 115 Å². The minimum absolute atomic E-state index is 0.247. The third kappa shape index (κ3) is 2.80. The second-order valence-electron chi connectivity index (χ2n) is 4.35. The zero-order chi connectivity index (χ0) is 13.8. The molecule has 102 valence electrons. The van der Waals surface area contributed by atoms with Gasteiger partial charge in [0.15, 0.2) is 0 Å². The lowest BCUT2D eigenvalue weighted by Gasteiger charge is -2.08. The quantitative estimate of drug-likeness (QED) is 0.764. The second kappa shape index (κ2) is 5.91. The number of anilines is 2. The lowest BCUT2D eigenvalue weighted by molar-refractivity contribution is 0.0968. The van der Waals surface area contributed by atoms with E-state index in [-0.39, 0.29) is 11.6 Å².